The number of nitrogens with one attached hydrogen (secondary N) is 1. The van der Waals surface area contributed by atoms with E-state index in [2.05, 4.69) is 16.5 Å². The summed E-state index contributed by atoms with van der Waals surface area (Å²) in [6.07, 6.45) is 1.45. The van der Waals surface area contributed by atoms with Crippen LogP contribution in [0.3, 0.4) is 0 Å². The number of aryl methyl sites for hydroxylation is 1. The van der Waals surface area contributed by atoms with Crippen LogP contribution in [0, 0.1) is 13.8 Å². The Hall–Kier alpha value is -3.01. The molecule has 1 aromatic carbocycles. The highest BCUT2D eigenvalue weighted by atomic mass is 32.2. The van der Waals surface area contributed by atoms with Gasteiger partial charge >= 0.3 is 0 Å². The van der Waals surface area contributed by atoms with Crippen LogP contribution >= 0.6 is 11.3 Å². The molecular weight excluding hydrogens is 458 g/mol. The molecule has 0 aliphatic heterocycles. The minimum atomic E-state index is -3.95. The number of aromatic nitrogens is 1. The fourth-order valence-corrected chi connectivity index (χ4v) is 5.64. The van der Waals surface area contributed by atoms with Crippen LogP contribution in [0.5, 0.6) is 0 Å². The minimum Gasteiger partial charge on any atom is -0.343 e. The van der Waals surface area contributed by atoms with E-state index in [1.807, 2.05) is 37.4 Å². The van der Waals surface area contributed by atoms with Crippen molar-refractivity contribution in [3.05, 3.63) is 82.3 Å². The number of benzene rings is 1. The molecule has 3 aromatic rings. The van der Waals surface area contributed by atoms with Gasteiger partial charge in [-0.15, -0.1) is 17.9 Å². The van der Waals surface area contributed by atoms with Crippen LogP contribution < -0.4 is 5.32 Å². The zero-order chi connectivity index (χ0) is 24.2. The number of carbonyl (C=O) groups excluding carboxylic acids is 2. The summed E-state index contributed by atoms with van der Waals surface area (Å²) in [7, 11) is -3.95. The maximum absolute atomic E-state index is 13.2. The van der Waals surface area contributed by atoms with E-state index < -0.39 is 10.0 Å². The number of hydrogen-bond donors (Lipinski definition) is 1. The second-order valence-corrected chi connectivity index (χ2v) is 10.6. The smallest absolute Gasteiger partial charge is 0.243 e. The van der Waals surface area contributed by atoms with E-state index in [0.717, 1.165) is 15.7 Å². The number of hydrogen-bond acceptors (Lipinski definition) is 5. The molecule has 0 saturated heterocycles. The van der Waals surface area contributed by atoms with Gasteiger partial charge in [-0.1, -0.05) is 12.1 Å². The summed E-state index contributed by atoms with van der Waals surface area (Å²) in [5, 5.41) is 4.61. The number of thiophene rings is 1. The summed E-state index contributed by atoms with van der Waals surface area (Å²) in [6.45, 7) is 9.19. The van der Waals surface area contributed by atoms with E-state index >= 15 is 0 Å². The number of sulfonamides is 1. The van der Waals surface area contributed by atoms with Gasteiger partial charge in [0.2, 0.25) is 15.9 Å². The van der Waals surface area contributed by atoms with Gasteiger partial charge in [0, 0.05) is 41.0 Å². The Bertz CT molecular complexity index is 1260. The van der Waals surface area contributed by atoms with Crippen LogP contribution in [-0.2, 0) is 21.4 Å². The normalized spacial score (nSPS) is 11.5. The van der Waals surface area contributed by atoms with Gasteiger partial charge in [-0.25, -0.2) is 8.42 Å². The number of ketones is 1. The lowest BCUT2D eigenvalue weighted by molar-refractivity contribution is -0.114. The molecule has 0 fully saturated rings. The summed E-state index contributed by atoms with van der Waals surface area (Å²) < 4.78 is 29.6. The first-order chi connectivity index (χ1) is 15.6. The fraction of sp³-hybridized carbons (Fsp3) is 0.250. The van der Waals surface area contributed by atoms with Crippen molar-refractivity contribution in [2.75, 3.05) is 18.4 Å². The van der Waals surface area contributed by atoms with Gasteiger partial charge in [0.1, 0.15) is 0 Å². The summed E-state index contributed by atoms with van der Waals surface area (Å²) in [5.41, 5.74) is 2.75. The molecule has 9 heteroatoms. The van der Waals surface area contributed by atoms with Crippen molar-refractivity contribution in [2.24, 2.45) is 0 Å². The molecule has 0 saturated carbocycles. The van der Waals surface area contributed by atoms with E-state index in [1.54, 1.807) is 11.3 Å². The fourth-order valence-electron chi connectivity index (χ4n) is 3.58. The van der Waals surface area contributed by atoms with Gasteiger partial charge in [0.05, 0.1) is 18.0 Å². The zero-order valence-corrected chi connectivity index (χ0v) is 20.5. The number of nitrogens with zero attached hydrogens (tertiary/aromatic N) is 2. The monoisotopic (exact) mass is 485 g/mol. The Morgan fingerprint density at radius 2 is 1.88 bits per heavy atom. The van der Waals surface area contributed by atoms with Gasteiger partial charge < -0.3 is 9.88 Å². The van der Waals surface area contributed by atoms with Gasteiger partial charge in [-0.3, -0.25) is 9.59 Å². The van der Waals surface area contributed by atoms with Crippen LogP contribution in [0.25, 0.3) is 0 Å². The Morgan fingerprint density at radius 3 is 2.45 bits per heavy atom. The Labute approximate surface area is 198 Å². The summed E-state index contributed by atoms with van der Waals surface area (Å²) in [6, 6.07) is 11.7. The molecule has 0 aliphatic carbocycles. The first kappa shape index (κ1) is 24.6. The van der Waals surface area contributed by atoms with Gasteiger partial charge in [0.25, 0.3) is 0 Å². The summed E-state index contributed by atoms with van der Waals surface area (Å²) in [4.78, 5) is 25.6. The van der Waals surface area contributed by atoms with Crippen molar-refractivity contribution < 1.29 is 18.0 Å². The van der Waals surface area contributed by atoms with Crippen molar-refractivity contribution in [3.8, 4) is 0 Å². The molecule has 1 N–H and O–H groups in total. The second kappa shape index (κ2) is 10.3. The van der Waals surface area contributed by atoms with Crippen LogP contribution in [0.15, 0.2) is 65.4 Å². The Kier molecular flexibility index (Phi) is 7.68. The molecular formula is C24H27N3O4S2. The quantitative estimate of drug-likeness (QED) is 0.344. The molecule has 2 aromatic heterocycles. The average Bonchev–Trinajstić information content (AvgIpc) is 3.37. The van der Waals surface area contributed by atoms with Crippen molar-refractivity contribution in [1.29, 1.82) is 0 Å². The van der Waals surface area contributed by atoms with E-state index in [1.165, 1.54) is 42.1 Å². The van der Waals surface area contributed by atoms with Crippen molar-refractivity contribution in [3.63, 3.8) is 0 Å². The lowest BCUT2D eigenvalue weighted by Crippen LogP contribution is -2.36. The molecule has 0 unspecified atom stereocenters. The molecule has 2 heterocycles. The first-order valence-corrected chi connectivity index (χ1v) is 12.7. The predicted molar refractivity (Wildman–Crippen MR) is 131 cm³/mol. The third-order valence-electron chi connectivity index (χ3n) is 5.23. The van der Waals surface area contributed by atoms with Crippen LogP contribution in [0.2, 0.25) is 0 Å². The standard InChI is InChI=1S/C24H27N3O4S2/c1-5-12-26(33(30,31)22-10-8-20(9-11-22)25-19(4)28)16-24(29)23-14-17(2)27(18(23)3)15-21-7-6-13-32-21/h5-11,13-14H,1,12,15-16H2,2-4H3,(H,25,28). The third-order valence-corrected chi connectivity index (χ3v) is 7.92. The number of amides is 1. The Balaban J connectivity index is 1.84. The summed E-state index contributed by atoms with van der Waals surface area (Å²) in [5.74, 6) is -0.526. The van der Waals surface area contributed by atoms with Crippen LogP contribution in [0.1, 0.15) is 33.5 Å². The highest BCUT2D eigenvalue weighted by Gasteiger charge is 2.27. The van der Waals surface area contributed by atoms with Crippen molar-refractivity contribution in [2.45, 2.75) is 32.2 Å². The zero-order valence-electron chi connectivity index (χ0n) is 18.9. The minimum absolute atomic E-state index is 0.00451. The lowest BCUT2D eigenvalue weighted by atomic mass is 10.1. The third kappa shape index (κ3) is 5.68. The maximum Gasteiger partial charge on any atom is 0.243 e. The lowest BCUT2D eigenvalue weighted by Gasteiger charge is -2.20. The van der Waals surface area contributed by atoms with Gasteiger partial charge in [-0.2, -0.15) is 4.31 Å². The molecule has 0 bridgehead atoms. The molecule has 174 valence electrons. The van der Waals surface area contributed by atoms with Gasteiger partial charge in [0.15, 0.2) is 5.78 Å². The van der Waals surface area contributed by atoms with E-state index in [9.17, 15) is 18.0 Å². The average molecular weight is 486 g/mol. The molecule has 1 amide bonds. The largest absolute Gasteiger partial charge is 0.343 e. The number of rotatable bonds is 10. The molecule has 0 spiro atoms. The number of Topliss-reactive ketones (excluding diaryl/α,β-unsaturated/α-hetero) is 1. The molecule has 0 aliphatic rings. The highest BCUT2D eigenvalue weighted by molar-refractivity contribution is 7.89. The van der Waals surface area contributed by atoms with Crippen LogP contribution in [-0.4, -0.2) is 42.1 Å². The molecule has 0 radical (unpaired) electrons. The molecule has 3 rings (SSSR count). The van der Waals surface area contributed by atoms with Crippen LogP contribution in [0.4, 0.5) is 5.69 Å². The highest BCUT2D eigenvalue weighted by Crippen LogP contribution is 2.22. The predicted octanol–water partition coefficient (Wildman–Crippen LogP) is 4.23. The topological polar surface area (TPSA) is 88.5 Å². The van der Waals surface area contributed by atoms with E-state index in [-0.39, 0.29) is 29.7 Å². The molecule has 33 heavy (non-hydrogen) atoms. The first-order valence-electron chi connectivity index (χ1n) is 10.3. The SMILES string of the molecule is C=CCN(CC(=O)c1cc(C)n(Cc2cccs2)c1C)S(=O)(=O)c1ccc(NC(C)=O)cc1. The van der Waals surface area contributed by atoms with Crippen molar-refractivity contribution >= 4 is 38.7 Å². The van der Waals surface area contributed by atoms with Crippen molar-refractivity contribution in [1.82, 2.24) is 8.87 Å². The Morgan fingerprint density at radius 1 is 1.18 bits per heavy atom. The second-order valence-electron chi connectivity index (χ2n) is 7.67. The molecule has 0 atom stereocenters. The number of anilines is 1. The molecule has 7 nitrogen and oxygen atoms in total. The van der Waals surface area contributed by atoms with Gasteiger partial charge in [-0.05, 0) is 55.6 Å². The van der Waals surface area contributed by atoms with E-state index in [4.69, 9.17) is 0 Å². The van der Waals surface area contributed by atoms with E-state index in [0.29, 0.717) is 17.8 Å². The summed E-state index contributed by atoms with van der Waals surface area (Å²) >= 11 is 1.65. The number of carbonyl (C=O) groups is 2. The maximum atomic E-state index is 13.2.